The molecule has 0 bridgehead atoms. The van der Waals surface area contributed by atoms with Gasteiger partial charge in [0.1, 0.15) is 6.33 Å². The molecule has 1 saturated heterocycles. The summed E-state index contributed by atoms with van der Waals surface area (Å²) >= 11 is 0. The molecule has 6 nitrogen and oxygen atoms in total. The van der Waals surface area contributed by atoms with Gasteiger partial charge in [0.2, 0.25) is 0 Å². The van der Waals surface area contributed by atoms with Gasteiger partial charge < -0.3 is 14.0 Å². The Bertz CT molecular complexity index is 1020. The fraction of sp³-hybridized carbons (Fsp3) is 0.158. The van der Waals surface area contributed by atoms with Crippen molar-refractivity contribution in [3.63, 3.8) is 0 Å². The molecule has 1 fully saturated rings. The minimum Gasteiger partial charge on any atom is -0.346 e. The Morgan fingerprint density at radius 1 is 0.960 bits per heavy atom. The van der Waals surface area contributed by atoms with Crippen molar-refractivity contribution in [2.24, 2.45) is 0 Å². The van der Waals surface area contributed by atoms with Crippen LogP contribution in [0.5, 0.6) is 0 Å². The maximum Gasteiger partial charge on any atom is 0.184 e. The highest BCUT2D eigenvalue weighted by atomic mass is 16.7. The average Bonchev–Trinajstić information content (AvgIpc) is 3.42. The summed E-state index contributed by atoms with van der Waals surface area (Å²) in [6.07, 6.45) is 7.06. The number of hydrogen-bond acceptors (Lipinski definition) is 4. The highest BCUT2D eigenvalue weighted by molar-refractivity contribution is 5.78. The topological polar surface area (TPSA) is 54.1 Å². The predicted molar refractivity (Wildman–Crippen MR) is 92.8 cm³/mol. The van der Waals surface area contributed by atoms with E-state index in [-0.39, 0.29) is 6.29 Å². The third kappa shape index (κ3) is 2.52. The van der Waals surface area contributed by atoms with Crippen LogP contribution in [0.15, 0.2) is 67.5 Å². The van der Waals surface area contributed by atoms with Crippen molar-refractivity contribution in [2.45, 2.75) is 6.29 Å². The molecule has 0 spiro atoms. The van der Waals surface area contributed by atoms with E-state index in [0.717, 1.165) is 28.0 Å². The van der Waals surface area contributed by atoms with Crippen LogP contribution in [0.2, 0.25) is 0 Å². The van der Waals surface area contributed by atoms with Gasteiger partial charge in [0.05, 0.1) is 30.6 Å². The van der Waals surface area contributed by atoms with Crippen LogP contribution in [-0.2, 0) is 9.47 Å². The lowest BCUT2D eigenvalue weighted by Crippen LogP contribution is -1.98. The normalized spacial score (nSPS) is 15.2. The lowest BCUT2D eigenvalue weighted by atomic mass is 10.2. The van der Waals surface area contributed by atoms with Crippen molar-refractivity contribution in [3.8, 4) is 11.4 Å². The van der Waals surface area contributed by atoms with Gasteiger partial charge in [-0.15, -0.1) is 0 Å². The first-order valence-corrected chi connectivity index (χ1v) is 8.17. The van der Waals surface area contributed by atoms with E-state index in [0.29, 0.717) is 13.2 Å². The van der Waals surface area contributed by atoms with E-state index in [1.54, 1.807) is 12.5 Å². The van der Waals surface area contributed by atoms with Crippen LogP contribution < -0.4 is 0 Å². The Labute approximate surface area is 144 Å². The van der Waals surface area contributed by atoms with Crippen molar-refractivity contribution < 1.29 is 9.47 Å². The summed E-state index contributed by atoms with van der Waals surface area (Å²) < 4.78 is 15.2. The molecule has 25 heavy (non-hydrogen) atoms. The lowest BCUT2D eigenvalue weighted by Gasteiger charge is -2.10. The molecule has 1 aliphatic heterocycles. The second kappa shape index (κ2) is 5.84. The fourth-order valence-electron chi connectivity index (χ4n) is 3.15. The highest BCUT2D eigenvalue weighted by Crippen LogP contribution is 2.27. The van der Waals surface area contributed by atoms with E-state index in [4.69, 9.17) is 9.47 Å². The number of fused-ring (bicyclic) bond motifs is 1. The Kier molecular flexibility index (Phi) is 3.36. The molecule has 5 rings (SSSR count). The monoisotopic (exact) mass is 332 g/mol. The first kappa shape index (κ1) is 14.4. The van der Waals surface area contributed by atoms with Gasteiger partial charge in [-0.1, -0.05) is 12.1 Å². The van der Waals surface area contributed by atoms with Gasteiger partial charge in [-0.3, -0.25) is 4.57 Å². The molecule has 0 radical (unpaired) electrons. The first-order valence-electron chi connectivity index (χ1n) is 8.17. The summed E-state index contributed by atoms with van der Waals surface area (Å²) in [7, 11) is 0. The van der Waals surface area contributed by atoms with Gasteiger partial charge >= 0.3 is 0 Å². The number of hydrogen-bond donors (Lipinski definition) is 0. The lowest BCUT2D eigenvalue weighted by molar-refractivity contribution is -0.0440. The van der Waals surface area contributed by atoms with Crippen LogP contribution in [0.1, 0.15) is 11.9 Å². The number of imidazole rings is 2. The molecule has 0 atom stereocenters. The van der Waals surface area contributed by atoms with Gasteiger partial charge in [0.15, 0.2) is 6.29 Å². The second-order valence-corrected chi connectivity index (χ2v) is 5.93. The molecule has 0 amide bonds. The number of ether oxygens (including phenoxy) is 2. The van der Waals surface area contributed by atoms with Crippen LogP contribution in [0.4, 0.5) is 0 Å². The molecular weight excluding hydrogens is 316 g/mol. The molecular formula is C19H16N4O2. The van der Waals surface area contributed by atoms with Crippen LogP contribution >= 0.6 is 0 Å². The van der Waals surface area contributed by atoms with Crippen LogP contribution in [0, 0.1) is 0 Å². The fourth-order valence-corrected chi connectivity index (χ4v) is 3.15. The van der Waals surface area contributed by atoms with Gasteiger partial charge in [0, 0.05) is 29.3 Å². The van der Waals surface area contributed by atoms with Gasteiger partial charge in [0.25, 0.3) is 0 Å². The Hall–Kier alpha value is -2.96. The molecule has 0 unspecified atom stereocenters. The smallest absolute Gasteiger partial charge is 0.184 e. The highest BCUT2D eigenvalue weighted by Gasteiger charge is 2.19. The van der Waals surface area contributed by atoms with Crippen molar-refractivity contribution in [2.75, 3.05) is 13.2 Å². The van der Waals surface area contributed by atoms with Crippen molar-refractivity contribution in [3.05, 3.63) is 73.1 Å². The SMILES string of the molecule is c1cc(-n2ccnc2)cc(-n2cnc3cc(C4OCCO4)ccc32)c1. The molecule has 1 aliphatic rings. The predicted octanol–water partition coefficient (Wildman–Crippen LogP) is 3.26. The van der Waals surface area contributed by atoms with Gasteiger partial charge in [-0.05, 0) is 30.3 Å². The number of nitrogens with zero attached hydrogens (tertiary/aromatic N) is 4. The molecule has 3 heterocycles. The molecule has 124 valence electrons. The van der Waals surface area contributed by atoms with Crippen molar-refractivity contribution in [1.29, 1.82) is 0 Å². The van der Waals surface area contributed by atoms with E-state index in [2.05, 4.69) is 38.8 Å². The zero-order valence-corrected chi connectivity index (χ0v) is 13.4. The second-order valence-electron chi connectivity index (χ2n) is 5.93. The summed E-state index contributed by atoms with van der Waals surface area (Å²) in [5, 5.41) is 0. The number of benzene rings is 2. The third-order valence-electron chi connectivity index (χ3n) is 4.38. The summed E-state index contributed by atoms with van der Waals surface area (Å²) in [4.78, 5) is 8.66. The van der Waals surface area contributed by atoms with E-state index >= 15 is 0 Å². The molecule has 2 aromatic heterocycles. The average molecular weight is 332 g/mol. The zero-order valence-electron chi connectivity index (χ0n) is 13.4. The van der Waals surface area contributed by atoms with E-state index in [1.165, 1.54) is 0 Å². The minimum absolute atomic E-state index is 0.279. The maximum atomic E-state index is 5.57. The van der Waals surface area contributed by atoms with Gasteiger partial charge in [-0.25, -0.2) is 9.97 Å². The summed E-state index contributed by atoms with van der Waals surface area (Å²) in [5.41, 5.74) is 5.08. The summed E-state index contributed by atoms with van der Waals surface area (Å²) in [5.74, 6) is 0. The number of rotatable bonds is 3. The molecule has 2 aromatic carbocycles. The minimum atomic E-state index is -0.279. The Morgan fingerprint density at radius 2 is 1.84 bits per heavy atom. The van der Waals surface area contributed by atoms with Crippen LogP contribution in [0.3, 0.4) is 0 Å². The van der Waals surface area contributed by atoms with E-state index in [9.17, 15) is 0 Å². The largest absolute Gasteiger partial charge is 0.346 e. The van der Waals surface area contributed by atoms with E-state index < -0.39 is 0 Å². The Morgan fingerprint density at radius 3 is 2.68 bits per heavy atom. The molecule has 0 N–H and O–H groups in total. The maximum absolute atomic E-state index is 5.57. The van der Waals surface area contributed by atoms with Gasteiger partial charge in [-0.2, -0.15) is 0 Å². The summed E-state index contributed by atoms with van der Waals surface area (Å²) in [6, 6.07) is 14.4. The number of aromatic nitrogens is 4. The van der Waals surface area contributed by atoms with Crippen molar-refractivity contribution in [1.82, 2.24) is 19.1 Å². The zero-order chi connectivity index (χ0) is 16.6. The third-order valence-corrected chi connectivity index (χ3v) is 4.38. The summed E-state index contributed by atoms with van der Waals surface area (Å²) in [6.45, 7) is 1.27. The van der Waals surface area contributed by atoms with Crippen molar-refractivity contribution >= 4 is 11.0 Å². The van der Waals surface area contributed by atoms with Crippen LogP contribution in [0.25, 0.3) is 22.4 Å². The molecule has 4 aromatic rings. The molecule has 0 aliphatic carbocycles. The standard InChI is InChI=1S/C19H16N4O2/c1-2-15(22-7-6-20-12-22)11-16(3-1)23-13-21-17-10-14(4-5-18(17)23)19-24-8-9-25-19/h1-7,10-13,19H,8-9H2. The first-order chi connectivity index (χ1) is 12.4. The van der Waals surface area contributed by atoms with Crippen LogP contribution in [-0.4, -0.2) is 32.3 Å². The van der Waals surface area contributed by atoms with E-state index in [1.807, 2.05) is 35.3 Å². The quantitative estimate of drug-likeness (QED) is 0.578. The molecule has 0 saturated carbocycles. The molecule has 6 heteroatoms. The Balaban J connectivity index is 1.56.